The zero-order valence-corrected chi connectivity index (χ0v) is 17.1. The molecule has 3 aromatic rings. The molecular formula is C20H16F6N4O4. The predicted molar refractivity (Wildman–Crippen MR) is 108 cm³/mol. The van der Waals surface area contributed by atoms with Crippen molar-refractivity contribution in [1.82, 2.24) is 9.97 Å². The van der Waals surface area contributed by atoms with Crippen LogP contribution >= 0.6 is 0 Å². The van der Waals surface area contributed by atoms with Crippen molar-refractivity contribution in [2.75, 3.05) is 5.32 Å². The minimum absolute atomic E-state index is 0.100. The number of nitrogens with two attached hydrogens (primary N) is 1. The predicted octanol–water partition coefficient (Wildman–Crippen LogP) is 3.59. The molecular weight excluding hydrogens is 474 g/mol. The van der Waals surface area contributed by atoms with Gasteiger partial charge in [-0.15, -0.1) is 0 Å². The Labute approximate surface area is 186 Å². The van der Waals surface area contributed by atoms with Crippen molar-refractivity contribution in [1.29, 1.82) is 0 Å². The van der Waals surface area contributed by atoms with Crippen LogP contribution in [0.15, 0.2) is 41.3 Å². The number of carbonyl (C=O) groups is 2. The number of nitrogens with one attached hydrogen (secondary N) is 2. The highest BCUT2D eigenvalue weighted by atomic mass is 19.4. The summed E-state index contributed by atoms with van der Waals surface area (Å²) in [6.07, 6.45) is -8.49. The van der Waals surface area contributed by atoms with Crippen LogP contribution in [0, 0.1) is 6.92 Å². The number of benzene rings is 1. The van der Waals surface area contributed by atoms with E-state index in [0.29, 0.717) is 11.3 Å². The zero-order valence-electron chi connectivity index (χ0n) is 17.1. The van der Waals surface area contributed by atoms with Crippen LogP contribution in [0.5, 0.6) is 0 Å². The molecule has 1 amide bonds. The Morgan fingerprint density at radius 3 is 2.26 bits per heavy atom. The van der Waals surface area contributed by atoms with Gasteiger partial charge in [-0.1, -0.05) is 0 Å². The Bertz CT molecular complexity index is 1280. The molecule has 5 N–H and O–H groups in total. The number of rotatable bonds is 3. The molecule has 0 unspecified atom stereocenters. The second-order valence-electron chi connectivity index (χ2n) is 6.76. The largest absolute Gasteiger partial charge is 0.490 e. The fourth-order valence-electron chi connectivity index (χ4n) is 2.61. The fourth-order valence-corrected chi connectivity index (χ4v) is 2.61. The second kappa shape index (κ2) is 9.91. The summed E-state index contributed by atoms with van der Waals surface area (Å²) < 4.78 is 70.7. The molecule has 14 heteroatoms. The number of hydrogen-bond acceptors (Lipinski definition) is 5. The van der Waals surface area contributed by atoms with Crippen LogP contribution in [0.1, 0.15) is 27.2 Å². The summed E-state index contributed by atoms with van der Waals surface area (Å²) in [6.45, 7) is 1.62. The molecule has 8 nitrogen and oxygen atoms in total. The maximum absolute atomic E-state index is 13.0. The number of amides is 1. The molecule has 182 valence electrons. The van der Waals surface area contributed by atoms with Crippen molar-refractivity contribution in [3.63, 3.8) is 0 Å². The number of fused-ring (bicyclic) bond motifs is 1. The van der Waals surface area contributed by atoms with Crippen molar-refractivity contribution in [3.05, 3.63) is 69.1 Å². The number of aliphatic carboxylic acids is 1. The molecule has 0 radical (unpaired) electrons. The van der Waals surface area contributed by atoms with E-state index in [4.69, 9.17) is 15.6 Å². The average Bonchev–Trinajstić information content (AvgIpc) is 2.72. The lowest BCUT2D eigenvalue weighted by atomic mass is 10.1. The Morgan fingerprint density at radius 2 is 1.74 bits per heavy atom. The molecule has 0 aliphatic heterocycles. The minimum atomic E-state index is -5.08. The van der Waals surface area contributed by atoms with Gasteiger partial charge in [0.2, 0.25) is 5.43 Å². The molecule has 0 saturated carbocycles. The van der Waals surface area contributed by atoms with Gasteiger partial charge < -0.3 is 21.1 Å². The number of aromatic amines is 1. The van der Waals surface area contributed by atoms with Gasteiger partial charge >= 0.3 is 18.3 Å². The van der Waals surface area contributed by atoms with E-state index in [9.17, 15) is 35.9 Å². The highest BCUT2D eigenvalue weighted by Gasteiger charge is 2.38. The molecule has 0 aliphatic rings. The second-order valence-corrected chi connectivity index (χ2v) is 6.76. The van der Waals surface area contributed by atoms with E-state index in [1.54, 1.807) is 13.0 Å². The van der Waals surface area contributed by atoms with E-state index in [2.05, 4.69) is 15.3 Å². The summed E-state index contributed by atoms with van der Waals surface area (Å²) in [7, 11) is 0. The van der Waals surface area contributed by atoms with E-state index in [1.165, 1.54) is 18.3 Å². The van der Waals surface area contributed by atoms with E-state index < -0.39 is 35.2 Å². The molecule has 34 heavy (non-hydrogen) atoms. The fraction of sp³-hybridized carbons (Fsp3) is 0.200. The highest BCUT2D eigenvalue weighted by molar-refractivity contribution is 6.05. The molecule has 2 aromatic heterocycles. The highest BCUT2D eigenvalue weighted by Crippen LogP contribution is 2.32. The first-order chi connectivity index (χ1) is 15.6. The molecule has 2 heterocycles. The van der Waals surface area contributed by atoms with Gasteiger partial charge in [0.1, 0.15) is 11.2 Å². The van der Waals surface area contributed by atoms with Gasteiger partial charge in [0.25, 0.3) is 5.91 Å². The normalized spacial score (nSPS) is 11.5. The van der Waals surface area contributed by atoms with Gasteiger partial charge in [0.05, 0.1) is 10.9 Å². The van der Waals surface area contributed by atoms with Crippen molar-refractivity contribution in [2.24, 2.45) is 5.73 Å². The average molecular weight is 490 g/mol. The van der Waals surface area contributed by atoms with Gasteiger partial charge in [-0.25, -0.2) is 9.78 Å². The standard InChI is InChI=1S/C18H15F3N4O2.C2HF3O2/c1-9-2-3-13-15(26)14(8-23-16(13)24-9)17(27)25-12-5-10(7-22)4-11(6-12)18(19,20)21;3-2(4,5)1(6)7/h2-6,8H,7,22H2,1H3,(H,25,27)(H,23,24,26);(H,6,7). The first-order valence-corrected chi connectivity index (χ1v) is 9.15. The molecule has 0 bridgehead atoms. The lowest BCUT2D eigenvalue weighted by molar-refractivity contribution is -0.192. The molecule has 0 spiro atoms. The summed E-state index contributed by atoms with van der Waals surface area (Å²) in [5.41, 5.74) is 4.80. The van der Waals surface area contributed by atoms with Gasteiger partial charge in [-0.2, -0.15) is 26.3 Å². The molecule has 0 saturated heterocycles. The third-order valence-electron chi connectivity index (χ3n) is 4.18. The number of pyridine rings is 2. The number of aryl methyl sites for hydroxylation is 1. The third kappa shape index (κ3) is 6.54. The van der Waals surface area contributed by atoms with Crippen LogP contribution in [0.2, 0.25) is 0 Å². The SMILES string of the molecule is Cc1ccc2c(=O)c(C(=O)Nc3cc(CN)cc(C(F)(F)F)c3)c[nH]c2n1.O=C(O)C(F)(F)F. The van der Waals surface area contributed by atoms with Crippen molar-refractivity contribution >= 4 is 28.6 Å². The maximum Gasteiger partial charge on any atom is 0.490 e. The van der Waals surface area contributed by atoms with Crippen LogP contribution < -0.4 is 16.5 Å². The number of alkyl halides is 6. The molecule has 0 aliphatic carbocycles. The molecule has 1 aromatic carbocycles. The minimum Gasteiger partial charge on any atom is -0.475 e. The lowest BCUT2D eigenvalue weighted by Crippen LogP contribution is -2.22. The number of aromatic nitrogens is 2. The number of hydrogen-bond donors (Lipinski definition) is 4. The first kappa shape index (κ1) is 26.3. The van der Waals surface area contributed by atoms with Crippen molar-refractivity contribution in [3.8, 4) is 0 Å². The van der Waals surface area contributed by atoms with E-state index in [-0.39, 0.29) is 28.7 Å². The van der Waals surface area contributed by atoms with E-state index in [1.807, 2.05) is 0 Å². The van der Waals surface area contributed by atoms with Crippen molar-refractivity contribution in [2.45, 2.75) is 25.8 Å². The van der Waals surface area contributed by atoms with Crippen LogP contribution in [0.4, 0.5) is 32.0 Å². The Kier molecular flexibility index (Phi) is 7.67. The topological polar surface area (TPSA) is 138 Å². The quantitative estimate of drug-likeness (QED) is 0.414. The molecule has 0 fully saturated rings. The van der Waals surface area contributed by atoms with Crippen LogP contribution in [0.25, 0.3) is 11.0 Å². The van der Waals surface area contributed by atoms with Crippen molar-refractivity contribution < 1.29 is 41.0 Å². The van der Waals surface area contributed by atoms with Gasteiger partial charge in [-0.3, -0.25) is 9.59 Å². The smallest absolute Gasteiger partial charge is 0.475 e. The summed E-state index contributed by atoms with van der Waals surface area (Å²) >= 11 is 0. The number of halogens is 6. The Hall–Kier alpha value is -3.94. The number of carboxylic acids is 1. The first-order valence-electron chi connectivity index (χ1n) is 9.15. The number of H-pyrrole nitrogens is 1. The maximum atomic E-state index is 13.0. The molecule has 3 rings (SSSR count). The van der Waals surface area contributed by atoms with E-state index in [0.717, 1.165) is 12.1 Å². The van der Waals surface area contributed by atoms with Gasteiger partial charge in [-0.05, 0) is 42.8 Å². The summed E-state index contributed by atoms with van der Waals surface area (Å²) in [5.74, 6) is -3.59. The Morgan fingerprint density at radius 1 is 1.12 bits per heavy atom. The van der Waals surface area contributed by atoms with E-state index >= 15 is 0 Å². The summed E-state index contributed by atoms with van der Waals surface area (Å²) in [4.78, 5) is 40.7. The lowest BCUT2D eigenvalue weighted by Gasteiger charge is -2.12. The number of carboxylic acid groups (broad SMARTS) is 1. The summed E-state index contributed by atoms with van der Waals surface area (Å²) in [5, 5.41) is 9.66. The van der Waals surface area contributed by atoms with Crippen LogP contribution in [0.3, 0.4) is 0 Å². The summed E-state index contributed by atoms with van der Waals surface area (Å²) in [6, 6.07) is 6.18. The number of anilines is 1. The van der Waals surface area contributed by atoms with Gasteiger partial charge in [0.15, 0.2) is 0 Å². The zero-order chi connectivity index (χ0) is 25.8. The Balaban J connectivity index is 0.000000509. The van der Waals surface area contributed by atoms with Crippen LogP contribution in [-0.2, 0) is 17.5 Å². The monoisotopic (exact) mass is 490 g/mol. The molecule has 0 atom stereocenters. The number of carbonyl (C=O) groups excluding carboxylic acids is 1. The number of nitrogens with zero attached hydrogens (tertiary/aromatic N) is 1. The van der Waals surface area contributed by atoms with Crippen LogP contribution in [-0.4, -0.2) is 33.1 Å². The third-order valence-corrected chi connectivity index (χ3v) is 4.18. The van der Waals surface area contributed by atoms with Gasteiger partial charge in [0, 0.05) is 24.1 Å².